The third-order valence-corrected chi connectivity index (χ3v) is 7.68. The predicted octanol–water partition coefficient (Wildman–Crippen LogP) is -0.387. The fraction of sp³-hybridized carbons (Fsp3) is 0.895. The number of likely N-dealkylation sites (tertiary alicyclic amines) is 1. The van der Waals surface area contributed by atoms with Crippen molar-refractivity contribution in [3.05, 3.63) is 0 Å². The molecule has 5 unspecified atom stereocenters. The molecule has 10 heteroatoms. The Morgan fingerprint density at radius 3 is 2.28 bits per heavy atom. The van der Waals surface area contributed by atoms with E-state index in [9.17, 15) is 23.1 Å². The topological polar surface area (TPSA) is 119 Å². The SMILES string of the molecule is CC(NC(=O)C1CC(C)C(C)C(C)N1C)C(=O)N[C@@H](C)[C@H](O)CN(C)S(C)(=O)=O. The van der Waals surface area contributed by atoms with Crippen LogP contribution in [0.5, 0.6) is 0 Å². The van der Waals surface area contributed by atoms with Crippen LogP contribution in [0.25, 0.3) is 0 Å². The highest BCUT2D eigenvalue weighted by molar-refractivity contribution is 7.88. The number of aliphatic hydroxyl groups excluding tert-OH is 1. The van der Waals surface area contributed by atoms with Crippen molar-refractivity contribution in [3.8, 4) is 0 Å². The Bertz CT molecular complexity index is 686. The van der Waals surface area contributed by atoms with Crippen molar-refractivity contribution in [1.82, 2.24) is 19.8 Å². The van der Waals surface area contributed by atoms with Gasteiger partial charge in [0.2, 0.25) is 21.8 Å². The van der Waals surface area contributed by atoms with E-state index in [2.05, 4.69) is 36.3 Å². The zero-order valence-corrected chi connectivity index (χ0v) is 19.7. The number of carbonyl (C=O) groups is 2. The summed E-state index contributed by atoms with van der Waals surface area (Å²) in [5.41, 5.74) is 0. The van der Waals surface area contributed by atoms with Gasteiger partial charge in [-0.1, -0.05) is 13.8 Å². The molecule has 7 atom stereocenters. The van der Waals surface area contributed by atoms with E-state index >= 15 is 0 Å². The van der Waals surface area contributed by atoms with E-state index in [0.717, 1.165) is 17.0 Å². The summed E-state index contributed by atoms with van der Waals surface area (Å²) in [7, 11) is -0.134. The Balaban J connectivity index is 2.62. The molecule has 1 aliphatic rings. The van der Waals surface area contributed by atoms with E-state index in [1.807, 2.05) is 7.05 Å². The zero-order chi connectivity index (χ0) is 22.7. The number of piperidine rings is 1. The summed E-state index contributed by atoms with van der Waals surface area (Å²) < 4.78 is 23.9. The van der Waals surface area contributed by atoms with Gasteiger partial charge in [-0.3, -0.25) is 14.5 Å². The van der Waals surface area contributed by atoms with Crippen LogP contribution in [0.4, 0.5) is 0 Å². The fourth-order valence-electron chi connectivity index (χ4n) is 3.53. The molecule has 0 aromatic heterocycles. The molecule has 1 aliphatic heterocycles. The van der Waals surface area contributed by atoms with Gasteiger partial charge >= 0.3 is 0 Å². The average molecular weight is 435 g/mol. The molecule has 2 amide bonds. The molecule has 0 spiro atoms. The van der Waals surface area contributed by atoms with Crippen molar-refractivity contribution in [2.24, 2.45) is 11.8 Å². The van der Waals surface area contributed by atoms with Crippen LogP contribution in [0.3, 0.4) is 0 Å². The fourth-order valence-corrected chi connectivity index (χ4v) is 3.96. The molecule has 1 rings (SSSR count). The molecule has 1 fully saturated rings. The summed E-state index contributed by atoms with van der Waals surface area (Å²) in [6.07, 6.45) is 0.703. The number of carbonyl (C=O) groups excluding carboxylic acids is 2. The highest BCUT2D eigenvalue weighted by Crippen LogP contribution is 2.31. The van der Waals surface area contributed by atoms with E-state index in [0.29, 0.717) is 11.8 Å². The molecule has 0 aromatic carbocycles. The first-order valence-electron chi connectivity index (χ1n) is 10.1. The molecular formula is C19H38N4O5S. The first-order valence-corrected chi connectivity index (χ1v) is 11.9. The number of rotatable bonds is 8. The van der Waals surface area contributed by atoms with Crippen LogP contribution in [0, 0.1) is 11.8 Å². The van der Waals surface area contributed by atoms with Crippen molar-refractivity contribution in [2.75, 3.05) is 26.9 Å². The largest absolute Gasteiger partial charge is 0.390 e. The summed E-state index contributed by atoms with van der Waals surface area (Å²) in [6, 6.07) is -1.48. The van der Waals surface area contributed by atoms with Crippen LogP contribution in [0.1, 0.15) is 41.0 Å². The summed E-state index contributed by atoms with van der Waals surface area (Å²) in [6.45, 7) is 9.47. The van der Waals surface area contributed by atoms with Crippen molar-refractivity contribution in [2.45, 2.75) is 71.3 Å². The van der Waals surface area contributed by atoms with Gasteiger partial charge < -0.3 is 15.7 Å². The van der Waals surface area contributed by atoms with Gasteiger partial charge in [0, 0.05) is 19.6 Å². The number of nitrogens with zero attached hydrogens (tertiary/aromatic N) is 2. The number of hydrogen-bond acceptors (Lipinski definition) is 6. The number of nitrogens with one attached hydrogen (secondary N) is 2. The van der Waals surface area contributed by atoms with Gasteiger partial charge in [-0.15, -0.1) is 0 Å². The van der Waals surface area contributed by atoms with E-state index in [1.54, 1.807) is 13.8 Å². The standard InChI is InChI=1S/C19H38N4O5S/c1-11-9-16(23(7)15(5)12(11)2)19(26)21-14(4)18(25)20-13(3)17(24)10-22(6)29(8,27)28/h11-17,24H,9-10H2,1-8H3,(H,20,25)(H,21,26)/t11?,12?,13-,14?,15?,16?,17+/m0/s1. The molecule has 170 valence electrons. The van der Waals surface area contributed by atoms with Gasteiger partial charge in [0.25, 0.3) is 0 Å². The Morgan fingerprint density at radius 2 is 1.76 bits per heavy atom. The zero-order valence-electron chi connectivity index (χ0n) is 18.8. The van der Waals surface area contributed by atoms with Gasteiger partial charge in [0.1, 0.15) is 6.04 Å². The molecule has 0 saturated carbocycles. The molecule has 0 radical (unpaired) electrons. The molecule has 3 N–H and O–H groups in total. The van der Waals surface area contributed by atoms with Crippen LogP contribution in [0.15, 0.2) is 0 Å². The summed E-state index contributed by atoms with van der Waals surface area (Å²) in [4.78, 5) is 27.2. The molecular weight excluding hydrogens is 396 g/mol. The predicted molar refractivity (Wildman–Crippen MR) is 113 cm³/mol. The highest BCUT2D eigenvalue weighted by atomic mass is 32.2. The minimum Gasteiger partial charge on any atom is -0.390 e. The van der Waals surface area contributed by atoms with Gasteiger partial charge in [-0.05, 0) is 46.1 Å². The molecule has 0 aliphatic carbocycles. The normalized spacial score (nSPS) is 29.2. The minimum absolute atomic E-state index is 0.137. The van der Waals surface area contributed by atoms with Gasteiger partial charge in [0.15, 0.2) is 0 Å². The smallest absolute Gasteiger partial charge is 0.242 e. The van der Waals surface area contributed by atoms with Crippen LogP contribution in [0.2, 0.25) is 0 Å². The maximum Gasteiger partial charge on any atom is 0.242 e. The minimum atomic E-state index is -3.42. The van der Waals surface area contributed by atoms with Crippen LogP contribution < -0.4 is 10.6 Å². The van der Waals surface area contributed by atoms with E-state index in [4.69, 9.17) is 0 Å². The van der Waals surface area contributed by atoms with Crippen LogP contribution >= 0.6 is 0 Å². The Hall–Kier alpha value is -1.23. The molecule has 0 bridgehead atoms. The first kappa shape index (κ1) is 25.8. The third-order valence-electron chi connectivity index (χ3n) is 6.40. The molecule has 0 aromatic rings. The van der Waals surface area contributed by atoms with Crippen molar-refractivity contribution in [1.29, 1.82) is 0 Å². The Kier molecular flexibility index (Phi) is 9.07. The maximum atomic E-state index is 12.7. The summed E-state index contributed by atoms with van der Waals surface area (Å²) in [5.74, 6) is 0.269. The van der Waals surface area contributed by atoms with Crippen molar-refractivity contribution >= 4 is 21.8 Å². The van der Waals surface area contributed by atoms with Gasteiger partial charge in [-0.2, -0.15) is 0 Å². The monoisotopic (exact) mass is 434 g/mol. The van der Waals surface area contributed by atoms with E-state index in [1.165, 1.54) is 7.05 Å². The lowest BCUT2D eigenvalue weighted by atomic mass is 9.79. The average Bonchev–Trinajstić information content (AvgIpc) is 2.61. The van der Waals surface area contributed by atoms with E-state index < -0.39 is 34.1 Å². The lowest BCUT2D eigenvalue weighted by Gasteiger charge is -2.44. The lowest BCUT2D eigenvalue weighted by Crippen LogP contribution is -2.59. The Morgan fingerprint density at radius 1 is 1.21 bits per heavy atom. The number of likely N-dealkylation sites (N-methyl/N-ethyl adjacent to an activating group) is 2. The second kappa shape index (κ2) is 10.2. The second-order valence-electron chi connectivity index (χ2n) is 8.63. The molecule has 1 heterocycles. The van der Waals surface area contributed by atoms with Gasteiger partial charge in [0.05, 0.1) is 24.4 Å². The maximum absolute atomic E-state index is 12.7. The summed E-state index contributed by atoms with van der Waals surface area (Å²) >= 11 is 0. The van der Waals surface area contributed by atoms with Gasteiger partial charge in [-0.25, -0.2) is 12.7 Å². The number of aliphatic hydroxyl groups is 1. The van der Waals surface area contributed by atoms with Crippen molar-refractivity contribution in [3.63, 3.8) is 0 Å². The molecule has 9 nitrogen and oxygen atoms in total. The highest BCUT2D eigenvalue weighted by Gasteiger charge is 2.38. The van der Waals surface area contributed by atoms with Crippen LogP contribution in [-0.2, 0) is 19.6 Å². The quantitative estimate of drug-likeness (QED) is 0.479. The first-order chi connectivity index (χ1) is 13.2. The summed E-state index contributed by atoms with van der Waals surface area (Å²) in [5, 5.41) is 15.6. The van der Waals surface area contributed by atoms with E-state index in [-0.39, 0.29) is 24.5 Å². The molecule has 1 saturated heterocycles. The van der Waals surface area contributed by atoms with Crippen LogP contribution in [-0.4, -0.2) is 91.7 Å². The lowest BCUT2D eigenvalue weighted by molar-refractivity contribution is -0.134. The number of sulfonamides is 1. The Labute approximate surface area is 175 Å². The third kappa shape index (κ3) is 6.91. The number of hydrogen-bond donors (Lipinski definition) is 3. The second-order valence-corrected chi connectivity index (χ2v) is 10.7. The van der Waals surface area contributed by atoms with Crippen molar-refractivity contribution < 1.29 is 23.1 Å². The number of amides is 2. The molecule has 29 heavy (non-hydrogen) atoms.